The summed E-state index contributed by atoms with van der Waals surface area (Å²) >= 11 is 0. The SMILES string of the molecule is CC(=O)CC(=O)C(F)(OC(F)(F)C(F)(F)C(F)(F)F)C(F)(F)F.[Ag+]. The Bertz CT molecular complexity index is 484. The minimum absolute atomic E-state index is 0. The Morgan fingerprint density at radius 1 is 0.792 bits per heavy atom. The van der Waals surface area contributed by atoms with E-state index in [4.69, 9.17) is 0 Å². The van der Waals surface area contributed by atoms with Gasteiger partial charge in [0.1, 0.15) is 5.78 Å². The van der Waals surface area contributed by atoms with Crippen LogP contribution in [0.1, 0.15) is 13.3 Å². The van der Waals surface area contributed by atoms with Gasteiger partial charge in [0.25, 0.3) is 0 Å². The van der Waals surface area contributed by atoms with Gasteiger partial charge in [-0.3, -0.25) is 14.3 Å². The third-order valence-corrected chi connectivity index (χ3v) is 2.12. The summed E-state index contributed by atoms with van der Waals surface area (Å²) in [5.41, 5.74) is 0. The van der Waals surface area contributed by atoms with Crippen LogP contribution >= 0.6 is 0 Å². The Kier molecular flexibility index (Phi) is 7.71. The average molecular weight is 478 g/mol. The molecule has 0 bridgehead atoms. The zero-order chi connectivity index (χ0) is 19.1. The van der Waals surface area contributed by atoms with E-state index in [-0.39, 0.29) is 22.4 Å². The normalized spacial score (nSPS) is 16.2. The molecule has 0 aliphatic heterocycles. The van der Waals surface area contributed by atoms with Crippen molar-refractivity contribution in [1.29, 1.82) is 0 Å². The van der Waals surface area contributed by atoms with Crippen LogP contribution < -0.4 is 0 Å². The van der Waals surface area contributed by atoms with E-state index in [2.05, 4.69) is 0 Å². The molecule has 1 atom stereocenters. The monoisotopic (exact) mass is 477 g/mol. The van der Waals surface area contributed by atoms with E-state index >= 15 is 0 Å². The standard InChI is InChI=1S/C9H5F11O3.Ag/c1-3(21)2-4(22)5(10,7(13,14)15)23-9(19,20)6(11,12)8(16,17)18;/h2H2,1H3;/q;+1. The first-order valence-electron chi connectivity index (χ1n) is 5.10. The predicted molar refractivity (Wildman–Crippen MR) is 47.2 cm³/mol. The van der Waals surface area contributed by atoms with Gasteiger partial charge in [-0.1, -0.05) is 0 Å². The van der Waals surface area contributed by atoms with Crippen molar-refractivity contribution in [3.63, 3.8) is 0 Å². The van der Waals surface area contributed by atoms with Crippen LogP contribution in [0.2, 0.25) is 0 Å². The molecular weight excluding hydrogens is 473 g/mol. The summed E-state index contributed by atoms with van der Waals surface area (Å²) < 4.78 is 138. The van der Waals surface area contributed by atoms with Crippen molar-refractivity contribution >= 4 is 11.6 Å². The van der Waals surface area contributed by atoms with Gasteiger partial charge in [0.05, 0.1) is 6.42 Å². The average Bonchev–Trinajstić information content (AvgIpc) is 2.23. The zero-order valence-electron chi connectivity index (χ0n) is 10.9. The van der Waals surface area contributed by atoms with Gasteiger partial charge in [0, 0.05) is 0 Å². The Labute approximate surface area is 141 Å². The molecule has 146 valence electrons. The summed E-state index contributed by atoms with van der Waals surface area (Å²) in [6, 6.07) is 0. The second kappa shape index (κ2) is 7.25. The molecular formula is C9H5AgF11O3+. The molecule has 1 unspecified atom stereocenters. The third kappa shape index (κ3) is 4.89. The summed E-state index contributed by atoms with van der Waals surface area (Å²) in [5.74, 6) is -18.1. The van der Waals surface area contributed by atoms with Crippen molar-refractivity contribution in [2.24, 2.45) is 0 Å². The minimum Gasteiger partial charge on any atom is -0.300 e. The molecule has 0 fully saturated rings. The fraction of sp³-hybridized carbons (Fsp3) is 0.778. The van der Waals surface area contributed by atoms with E-state index in [0.717, 1.165) is 0 Å². The molecule has 0 aromatic rings. The van der Waals surface area contributed by atoms with Gasteiger partial charge < -0.3 is 0 Å². The first kappa shape index (κ1) is 25.5. The molecule has 3 nitrogen and oxygen atoms in total. The molecule has 0 N–H and O–H groups in total. The van der Waals surface area contributed by atoms with Crippen LogP contribution in [0.3, 0.4) is 0 Å². The smallest absolute Gasteiger partial charge is 0.300 e. The Morgan fingerprint density at radius 3 is 1.42 bits per heavy atom. The third-order valence-electron chi connectivity index (χ3n) is 2.12. The van der Waals surface area contributed by atoms with E-state index in [9.17, 15) is 57.9 Å². The molecule has 0 saturated carbocycles. The maximum Gasteiger partial charge on any atom is 1.00 e. The number of carbonyl (C=O) groups is 2. The van der Waals surface area contributed by atoms with Crippen LogP contribution in [0, 0.1) is 0 Å². The summed E-state index contributed by atoms with van der Waals surface area (Å²) in [6.07, 6.45) is -23.0. The molecule has 0 amide bonds. The van der Waals surface area contributed by atoms with Gasteiger partial charge in [-0.2, -0.15) is 48.3 Å². The molecule has 0 saturated heterocycles. The Balaban J connectivity index is 0. The maximum absolute atomic E-state index is 13.4. The number of hydrogen-bond acceptors (Lipinski definition) is 3. The van der Waals surface area contributed by atoms with Gasteiger partial charge in [-0.15, -0.1) is 0 Å². The van der Waals surface area contributed by atoms with Crippen molar-refractivity contribution in [2.75, 3.05) is 0 Å². The first-order valence-corrected chi connectivity index (χ1v) is 5.10. The van der Waals surface area contributed by atoms with Gasteiger partial charge in [0.15, 0.2) is 0 Å². The van der Waals surface area contributed by atoms with E-state index in [0.29, 0.717) is 6.92 Å². The Hall–Kier alpha value is -0.730. The largest absolute Gasteiger partial charge is 1.00 e. The number of hydrogen-bond donors (Lipinski definition) is 0. The minimum atomic E-state index is -7.25. The number of carbonyl (C=O) groups excluding carboxylic acids is 2. The summed E-state index contributed by atoms with van der Waals surface area (Å²) in [4.78, 5) is 21.3. The quantitative estimate of drug-likeness (QED) is 0.334. The van der Waals surface area contributed by atoms with Crippen LogP contribution in [0.15, 0.2) is 0 Å². The summed E-state index contributed by atoms with van der Waals surface area (Å²) in [5, 5.41) is 0. The number of halogens is 11. The molecule has 0 spiro atoms. The van der Waals surface area contributed by atoms with Crippen LogP contribution in [0.25, 0.3) is 0 Å². The molecule has 0 rings (SSSR count). The van der Waals surface area contributed by atoms with Crippen LogP contribution in [0.4, 0.5) is 48.3 Å². The molecule has 0 heterocycles. The molecule has 24 heavy (non-hydrogen) atoms. The molecule has 0 aliphatic carbocycles. The van der Waals surface area contributed by atoms with Crippen molar-refractivity contribution in [3.05, 3.63) is 0 Å². The van der Waals surface area contributed by atoms with E-state index < -0.39 is 48.2 Å². The fourth-order valence-corrected chi connectivity index (χ4v) is 1.02. The van der Waals surface area contributed by atoms with E-state index in [1.165, 1.54) is 0 Å². The van der Waals surface area contributed by atoms with Crippen LogP contribution in [-0.2, 0) is 36.7 Å². The van der Waals surface area contributed by atoms with Crippen LogP contribution in [-0.4, -0.2) is 41.8 Å². The molecule has 15 heteroatoms. The van der Waals surface area contributed by atoms with E-state index in [1.807, 2.05) is 4.74 Å². The van der Waals surface area contributed by atoms with Gasteiger partial charge in [-0.25, -0.2) is 0 Å². The number of rotatable bonds is 6. The summed E-state index contributed by atoms with van der Waals surface area (Å²) in [7, 11) is 0. The first-order chi connectivity index (χ1) is 9.79. The zero-order valence-corrected chi connectivity index (χ0v) is 12.4. The number of Topliss-reactive ketones (excluding diaryl/α,β-unsaturated/α-hetero) is 2. The maximum atomic E-state index is 13.4. The Morgan fingerprint density at radius 2 is 1.17 bits per heavy atom. The second-order valence-electron chi connectivity index (χ2n) is 4.09. The molecule has 0 aliphatic rings. The number of alkyl halides is 11. The van der Waals surface area contributed by atoms with Crippen molar-refractivity contribution in [1.82, 2.24) is 0 Å². The van der Waals surface area contributed by atoms with E-state index in [1.54, 1.807) is 0 Å². The summed E-state index contributed by atoms with van der Waals surface area (Å²) in [6.45, 7) is 0.400. The topological polar surface area (TPSA) is 43.4 Å². The second-order valence-corrected chi connectivity index (χ2v) is 4.09. The van der Waals surface area contributed by atoms with Crippen molar-refractivity contribution in [3.8, 4) is 0 Å². The van der Waals surface area contributed by atoms with Crippen molar-refractivity contribution in [2.45, 2.75) is 43.6 Å². The molecule has 0 radical (unpaired) electrons. The fourth-order valence-electron chi connectivity index (χ4n) is 1.02. The van der Waals surface area contributed by atoms with Gasteiger partial charge in [0.2, 0.25) is 5.78 Å². The van der Waals surface area contributed by atoms with Crippen LogP contribution in [0.5, 0.6) is 0 Å². The number of ketones is 2. The molecule has 0 aromatic carbocycles. The van der Waals surface area contributed by atoms with Gasteiger partial charge in [-0.05, 0) is 6.92 Å². The number of ether oxygens (including phenoxy) is 1. The van der Waals surface area contributed by atoms with Gasteiger partial charge >= 0.3 is 52.6 Å². The predicted octanol–water partition coefficient (Wildman–Crippen LogP) is 3.57. The molecule has 0 aromatic heterocycles. The van der Waals surface area contributed by atoms with Crippen molar-refractivity contribution < 1.29 is 85.0 Å².